The summed E-state index contributed by atoms with van der Waals surface area (Å²) in [5, 5.41) is 4.43. The van der Waals surface area contributed by atoms with Crippen molar-refractivity contribution in [3.63, 3.8) is 0 Å². The number of nitrogens with one attached hydrogen (secondary N) is 1. The van der Waals surface area contributed by atoms with Crippen molar-refractivity contribution in [3.8, 4) is 0 Å². The number of pyridine rings is 2. The van der Waals surface area contributed by atoms with E-state index in [9.17, 15) is 9.18 Å². The minimum atomic E-state index is -0.789. The van der Waals surface area contributed by atoms with Crippen LogP contribution < -0.4 is 5.32 Å². The van der Waals surface area contributed by atoms with Gasteiger partial charge in [-0.25, -0.2) is 4.98 Å². The van der Waals surface area contributed by atoms with Crippen molar-refractivity contribution >= 4 is 22.4 Å². The molecule has 4 nitrogen and oxygen atoms in total. The lowest BCUT2D eigenvalue weighted by Crippen LogP contribution is -2.14. The molecule has 0 aliphatic rings. The zero-order valence-electron chi connectivity index (χ0n) is 10.4. The van der Waals surface area contributed by atoms with Crippen LogP contribution in [0.2, 0.25) is 0 Å². The molecule has 3 aromatic rings. The third-order valence-corrected chi connectivity index (χ3v) is 2.94. The number of rotatable bonds is 2. The van der Waals surface area contributed by atoms with Gasteiger partial charge in [-0.05, 0) is 29.7 Å². The molecule has 0 fully saturated rings. The van der Waals surface area contributed by atoms with Crippen molar-refractivity contribution in [2.24, 2.45) is 0 Å². The summed E-state index contributed by atoms with van der Waals surface area (Å²) >= 11 is 0. The van der Waals surface area contributed by atoms with Crippen LogP contribution in [-0.2, 0) is 0 Å². The fraction of sp³-hybridized carbons (Fsp3) is 0. The van der Waals surface area contributed by atoms with Crippen molar-refractivity contribution in [1.82, 2.24) is 9.97 Å². The Balaban J connectivity index is 1.98. The number of carbonyl (C=O) groups excluding carboxylic acids is 1. The number of amides is 1. The minimum absolute atomic E-state index is 0.0895. The Hall–Kier alpha value is -2.82. The average Bonchev–Trinajstić information content (AvgIpc) is 2.48. The monoisotopic (exact) mass is 267 g/mol. The van der Waals surface area contributed by atoms with Gasteiger partial charge >= 0.3 is 0 Å². The highest BCUT2D eigenvalue weighted by molar-refractivity contribution is 6.08. The van der Waals surface area contributed by atoms with Crippen LogP contribution >= 0.6 is 0 Å². The van der Waals surface area contributed by atoms with E-state index in [1.54, 1.807) is 18.5 Å². The van der Waals surface area contributed by atoms with Crippen LogP contribution in [0.1, 0.15) is 10.4 Å². The first kappa shape index (κ1) is 12.2. The molecule has 0 atom stereocenters. The summed E-state index contributed by atoms with van der Waals surface area (Å²) in [5.41, 5.74) is 0.497. The maximum absolute atomic E-state index is 13.5. The highest BCUT2D eigenvalue weighted by Crippen LogP contribution is 2.22. The normalized spacial score (nSPS) is 10.4. The molecule has 1 amide bonds. The second-order valence-corrected chi connectivity index (χ2v) is 4.20. The first-order valence-corrected chi connectivity index (χ1v) is 6.00. The number of benzene rings is 1. The molecule has 2 aromatic heterocycles. The number of carbonyl (C=O) groups is 1. The lowest BCUT2D eigenvalue weighted by Gasteiger charge is -2.08. The van der Waals surface area contributed by atoms with E-state index in [-0.39, 0.29) is 5.56 Å². The predicted octanol–water partition coefficient (Wildman–Crippen LogP) is 3.02. The lowest BCUT2D eigenvalue weighted by molar-refractivity contribution is 0.102. The molecule has 2 heterocycles. The first-order valence-electron chi connectivity index (χ1n) is 6.00. The molecule has 0 radical (unpaired) electrons. The van der Waals surface area contributed by atoms with Crippen LogP contribution in [0.4, 0.5) is 10.1 Å². The highest BCUT2D eigenvalue weighted by Gasteiger charge is 2.13. The van der Waals surface area contributed by atoms with Crippen LogP contribution in [0.15, 0.2) is 55.0 Å². The van der Waals surface area contributed by atoms with Crippen molar-refractivity contribution in [3.05, 3.63) is 66.5 Å². The van der Waals surface area contributed by atoms with Gasteiger partial charge in [0, 0.05) is 24.0 Å². The van der Waals surface area contributed by atoms with E-state index in [0.29, 0.717) is 5.69 Å². The Morgan fingerprint density at radius 3 is 2.85 bits per heavy atom. The molecule has 1 N–H and O–H groups in total. The van der Waals surface area contributed by atoms with E-state index >= 15 is 0 Å². The lowest BCUT2D eigenvalue weighted by atomic mass is 10.1. The van der Waals surface area contributed by atoms with Crippen molar-refractivity contribution in [1.29, 1.82) is 0 Å². The molecule has 98 valence electrons. The van der Waals surface area contributed by atoms with Crippen molar-refractivity contribution in [2.45, 2.75) is 0 Å². The maximum Gasteiger partial charge on any atom is 0.260 e. The highest BCUT2D eigenvalue weighted by atomic mass is 19.1. The SMILES string of the molecule is O=C(Nc1cccc2ccncc12)c1cccnc1F. The first-order chi connectivity index (χ1) is 9.75. The second-order valence-electron chi connectivity index (χ2n) is 4.20. The van der Waals surface area contributed by atoms with E-state index in [1.165, 1.54) is 18.3 Å². The van der Waals surface area contributed by atoms with Crippen LogP contribution in [0, 0.1) is 5.95 Å². The summed E-state index contributed by atoms with van der Waals surface area (Å²) in [5.74, 6) is -1.32. The van der Waals surface area contributed by atoms with Crippen LogP contribution in [0.25, 0.3) is 10.8 Å². The van der Waals surface area contributed by atoms with E-state index < -0.39 is 11.9 Å². The van der Waals surface area contributed by atoms with Gasteiger partial charge in [-0.1, -0.05) is 12.1 Å². The smallest absolute Gasteiger partial charge is 0.260 e. The summed E-state index contributed by atoms with van der Waals surface area (Å²) in [6.07, 6.45) is 4.63. The standard InChI is InChI=1S/C15H10FN3O/c16-14-11(4-2-7-18-14)15(20)19-13-5-1-3-10-6-8-17-9-12(10)13/h1-9H,(H,19,20). The quantitative estimate of drug-likeness (QED) is 0.726. The Bertz CT molecular complexity index is 783. The van der Waals surface area contributed by atoms with Gasteiger partial charge in [-0.2, -0.15) is 4.39 Å². The average molecular weight is 267 g/mol. The fourth-order valence-corrected chi connectivity index (χ4v) is 1.97. The molecule has 0 saturated heterocycles. The number of aromatic nitrogens is 2. The Labute approximate surface area is 114 Å². The zero-order valence-corrected chi connectivity index (χ0v) is 10.4. The van der Waals surface area contributed by atoms with E-state index in [2.05, 4.69) is 15.3 Å². The molecule has 0 aliphatic carbocycles. The number of fused-ring (bicyclic) bond motifs is 1. The van der Waals surface area contributed by atoms with Crippen molar-refractivity contribution < 1.29 is 9.18 Å². The molecular formula is C15H10FN3O. The topological polar surface area (TPSA) is 54.9 Å². The fourth-order valence-electron chi connectivity index (χ4n) is 1.97. The maximum atomic E-state index is 13.5. The number of anilines is 1. The molecule has 20 heavy (non-hydrogen) atoms. The molecule has 3 rings (SSSR count). The summed E-state index contributed by atoms with van der Waals surface area (Å²) in [7, 11) is 0. The van der Waals surface area contributed by atoms with Crippen LogP contribution in [0.5, 0.6) is 0 Å². The molecule has 0 bridgehead atoms. The van der Waals surface area contributed by atoms with Crippen LogP contribution in [0.3, 0.4) is 0 Å². The number of nitrogens with zero attached hydrogens (tertiary/aromatic N) is 2. The van der Waals surface area contributed by atoms with Gasteiger partial charge in [0.15, 0.2) is 0 Å². The van der Waals surface area contributed by atoms with Gasteiger partial charge in [-0.3, -0.25) is 9.78 Å². The summed E-state index contributed by atoms with van der Waals surface area (Å²) in [4.78, 5) is 19.6. The Kier molecular flexibility index (Phi) is 3.09. The van der Waals surface area contributed by atoms with Gasteiger partial charge in [0.1, 0.15) is 0 Å². The Morgan fingerprint density at radius 2 is 2.00 bits per heavy atom. The predicted molar refractivity (Wildman–Crippen MR) is 73.9 cm³/mol. The second kappa shape index (κ2) is 5.05. The molecule has 0 saturated carbocycles. The third-order valence-electron chi connectivity index (χ3n) is 2.94. The van der Waals surface area contributed by atoms with Crippen LogP contribution in [-0.4, -0.2) is 15.9 Å². The Morgan fingerprint density at radius 1 is 1.10 bits per heavy atom. The van der Waals surface area contributed by atoms with Gasteiger partial charge in [-0.15, -0.1) is 0 Å². The third kappa shape index (κ3) is 2.21. The molecule has 1 aromatic carbocycles. The van der Waals surface area contributed by atoms with Gasteiger partial charge < -0.3 is 5.32 Å². The largest absolute Gasteiger partial charge is 0.321 e. The number of hydrogen-bond acceptors (Lipinski definition) is 3. The molecule has 0 unspecified atom stereocenters. The summed E-state index contributed by atoms with van der Waals surface area (Å²) < 4.78 is 13.5. The van der Waals surface area contributed by atoms with Gasteiger partial charge in [0.25, 0.3) is 5.91 Å². The summed E-state index contributed by atoms with van der Waals surface area (Å²) in [6, 6.07) is 10.2. The molecule has 5 heteroatoms. The van der Waals surface area contributed by atoms with Gasteiger partial charge in [0.05, 0.1) is 11.3 Å². The van der Waals surface area contributed by atoms with E-state index in [1.807, 2.05) is 18.2 Å². The van der Waals surface area contributed by atoms with E-state index in [4.69, 9.17) is 0 Å². The molecule has 0 aliphatic heterocycles. The number of hydrogen-bond donors (Lipinski definition) is 1. The van der Waals surface area contributed by atoms with Crippen molar-refractivity contribution in [2.75, 3.05) is 5.32 Å². The summed E-state index contributed by atoms with van der Waals surface area (Å²) in [6.45, 7) is 0. The number of halogens is 1. The van der Waals surface area contributed by atoms with E-state index in [0.717, 1.165) is 10.8 Å². The molecule has 0 spiro atoms. The minimum Gasteiger partial charge on any atom is -0.321 e. The van der Waals surface area contributed by atoms with Gasteiger partial charge in [0.2, 0.25) is 5.95 Å². The molecular weight excluding hydrogens is 257 g/mol. The zero-order chi connectivity index (χ0) is 13.9.